The number of fused-ring (bicyclic) bond motifs is 1. The minimum absolute atomic E-state index is 0.213. The van der Waals surface area contributed by atoms with Gasteiger partial charge in [-0.15, -0.1) is 5.14 Å². The number of rotatable bonds is 5. The van der Waals surface area contributed by atoms with Crippen LogP contribution in [0.1, 0.15) is 37.3 Å². The van der Waals surface area contributed by atoms with Crippen molar-refractivity contribution >= 4 is 10.0 Å². The van der Waals surface area contributed by atoms with E-state index in [9.17, 15) is 8.42 Å². The van der Waals surface area contributed by atoms with Gasteiger partial charge in [-0.05, 0) is 44.0 Å². The van der Waals surface area contributed by atoms with Crippen molar-refractivity contribution in [1.82, 2.24) is 5.14 Å². The quantitative estimate of drug-likeness (QED) is 0.817. The van der Waals surface area contributed by atoms with E-state index in [2.05, 4.69) is 0 Å². The van der Waals surface area contributed by atoms with Gasteiger partial charge in [0.25, 0.3) is 0 Å². The molecule has 3 rings (SSSR count). The Kier molecular flexibility index (Phi) is 4.75. The van der Waals surface area contributed by atoms with Crippen molar-refractivity contribution in [3.8, 4) is 11.5 Å². The van der Waals surface area contributed by atoms with Gasteiger partial charge in [0, 0.05) is 11.5 Å². The topological polar surface area (TPSA) is 76.4 Å². The Morgan fingerprint density at radius 1 is 1.20 bits per heavy atom. The molecule has 0 aliphatic carbocycles. The Morgan fingerprint density at radius 2 is 1.92 bits per heavy atom. The van der Waals surface area contributed by atoms with Gasteiger partial charge in [0.1, 0.15) is 23.7 Å². The van der Waals surface area contributed by atoms with Crippen LogP contribution in [-0.2, 0) is 16.6 Å². The highest BCUT2D eigenvalue weighted by Crippen LogP contribution is 2.42. The van der Waals surface area contributed by atoms with Gasteiger partial charge in [-0.25, -0.2) is 8.42 Å². The zero-order valence-corrected chi connectivity index (χ0v) is 15.2. The van der Waals surface area contributed by atoms with Crippen LogP contribution in [0.3, 0.4) is 0 Å². The van der Waals surface area contributed by atoms with Gasteiger partial charge in [-0.3, -0.25) is 0 Å². The van der Waals surface area contributed by atoms with Gasteiger partial charge >= 0.3 is 0 Å². The number of nitrogens with one attached hydrogen (secondary N) is 1. The average molecular weight is 360 g/mol. The van der Waals surface area contributed by atoms with Crippen LogP contribution in [0.4, 0.5) is 0 Å². The Hall–Kier alpha value is -2.05. The lowest BCUT2D eigenvalue weighted by Crippen LogP contribution is -2.36. The molecule has 0 spiro atoms. The molecule has 0 saturated heterocycles. The fraction of sp³-hybridized carbons (Fsp3) is 0.368. The predicted molar refractivity (Wildman–Crippen MR) is 96.2 cm³/mol. The minimum atomic E-state index is -3.83. The third kappa shape index (κ3) is 4.74. The van der Waals surface area contributed by atoms with E-state index in [0.29, 0.717) is 24.5 Å². The molecule has 1 atom stereocenters. The number of benzene rings is 2. The van der Waals surface area contributed by atoms with Crippen LogP contribution in [0, 0.1) is 0 Å². The summed E-state index contributed by atoms with van der Waals surface area (Å²) < 4.78 is 34.8. The molecule has 1 N–H and O–H groups in total. The van der Waals surface area contributed by atoms with Crippen molar-refractivity contribution < 1.29 is 17.9 Å². The van der Waals surface area contributed by atoms with E-state index in [-0.39, 0.29) is 11.7 Å². The maximum atomic E-state index is 11.5. The molecule has 0 saturated carbocycles. The number of sulfonamides is 1. The molecule has 6 heteroatoms. The molecule has 2 aromatic carbocycles. The number of hydrogen-bond acceptors (Lipinski definition) is 4. The zero-order chi connectivity index (χ0) is 18.1. The van der Waals surface area contributed by atoms with Gasteiger partial charge in [-0.2, -0.15) is 0 Å². The van der Waals surface area contributed by atoms with Crippen LogP contribution < -0.4 is 14.6 Å². The lowest BCUT2D eigenvalue weighted by Gasteiger charge is -2.37. The summed E-state index contributed by atoms with van der Waals surface area (Å²) in [7, 11) is -3.83. The highest BCUT2D eigenvalue weighted by molar-refractivity contribution is 7.88. The summed E-state index contributed by atoms with van der Waals surface area (Å²) in [6, 6.07) is 15.3. The van der Waals surface area contributed by atoms with E-state index in [1.807, 2.05) is 62.4 Å². The zero-order valence-electron chi connectivity index (χ0n) is 14.4. The summed E-state index contributed by atoms with van der Waals surface area (Å²) in [5.41, 5.74) is 1.39. The molecule has 25 heavy (non-hydrogen) atoms. The number of ether oxygens (including phenoxy) is 2. The molecule has 2 aromatic rings. The molecule has 1 heterocycles. The molecule has 0 bridgehead atoms. The van der Waals surface area contributed by atoms with Gasteiger partial charge in [0.2, 0.25) is 10.0 Å². The maximum absolute atomic E-state index is 11.5. The first-order valence-corrected chi connectivity index (χ1v) is 9.84. The third-order valence-corrected chi connectivity index (χ3v) is 5.06. The van der Waals surface area contributed by atoms with Crippen molar-refractivity contribution in [3.05, 3.63) is 59.7 Å². The van der Waals surface area contributed by atoms with Crippen LogP contribution in [0.2, 0.25) is 0 Å². The van der Waals surface area contributed by atoms with Gasteiger partial charge in [0.05, 0.1) is 5.75 Å². The van der Waals surface area contributed by atoms with Gasteiger partial charge in [0.15, 0.2) is 0 Å². The SMILES string of the molecule is CC1(C)CC(CS([NH])(=O)=O)c2cc(OCc3ccccc3)ccc2O1. The second-order valence-corrected chi connectivity index (χ2v) is 8.58. The largest absolute Gasteiger partial charge is 0.489 e. The first-order chi connectivity index (χ1) is 11.7. The van der Waals surface area contributed by atoms with Crippen LogP contribution in [-0.4, -0.2) is 19.8 Å². The smallest absolute Gasteiger partial charge is 0.225 e. The van der Waals surface area contributed by atoms with Crippen LogP contribution in [0.5, 0.6) is 11.5 Å². The number of hydrogen-bond donors (Lipinski definition) is 0. The summed E-state index contributed by atoms with van der Waals surface area (Å²) in [4.78, 5) is 0. The van der Waals surface area contributed by atoms with Crippen molar-refractivity contribution in [2.45, 2.75) is 38.4 Å². The van der Waals surface area contributed by atoms with Crippen molar-refractivity contribution in [2.75, 3.05) is 5.75 Å². The molecular formula is C19H22NO4S. The van der Waals surface area contributed by atoms with Crippen LogP contribution in [0.15, 0.2) is 48.5 Å². The normalized spacial score (nSPS) is 18.9. The minimum Gasteiger partial charge on any atom is -0.489 e. The van der Waals surface area contributed by atoms with E-state index in [4.69, 9.17) is 14.6 Å². The van der Waals surface area contributed by atoms with E-state index < -0.39 is 15.6 Å². The molecule has 1 aliphatic heterocycles. The standard InChI is InChI=1S/C19H22NO4S/c1-19(2)11-15(13-25(20,21)22)17-10-16(8-9-18(17)24-19)23-12-14-6-4-3-5-7-14/h3-10,15,20H,11-13H2,1-2H3. The Bertz CT molecular complexity index is 847. The fourth-order valence-electron chi connectivity index (χ4n) is 3.23. The summed E-state index contributed by atoms with van der Waals surface area (Å²) in [6.07, 6.45) is 0.542. The maximum Gasteiger partial charge on any atom is 0.225 e. The van der Waals surface area contributed by atoms with E-state index in [1.54, 1.807) is 0 Å². The van der Waals surface area contributed by atoms with E-state index >= 15 is 0 Å². The molecule has 5 nitrogen and oxygen atoms in total. The highest BCUT2D eigenvalue weighted by Gasteiger charge is 2.35. The monoisotopic (exact) mass is 360 g/mol. The highest BCUT2D eigenvalue weighted by atomic mass is 32.2. The lowest BCUT2D eigenvalue weighted by molar-refractivity contribution is 0.0748. The lowest BCUT2D eigenvalue weighted by atomic mass is 9.85. The molecular weight excluding hydrogens is 338 g/mol. The van der Waals surface area contributed by atoms with Crippen molar-refractivity contribution in [3.63, 3.8) is 0 Å². The molecule has 0 amide bonds. The molecule has 133 valence electrons. The summed E-state index contributed by atoms with van der Waals surface area (Å²) in [5, 5.41) is 7.29. The average Bonchev–Trinajstić information content (AvgIpc) is 2.52. The van der Waals surface area contributed by atoms with Crippen LogP contribution in [0.25, 0.3) is 0 Å². The van der Waals surface area contributed by atoms with Gasteiger partial charge in [-0.1, -0.05) is 30.3 Å². The Balaban J connectivity index is 1.84. The molecule has 0 aromatic heterocycles. The van der Waals surface area contributed by atoms with Crippen molar-refractivity contribution in [1.29, 1.82) is 0 Å². The van der Waals surface area contributed by atoms with Crippen molar-refractivity contribution in [2.24, 2.45) is 0 Å². The molecule has 1 aliphatic rings. The molecule has 1 unspecified atom stereocenters. The van der Waals surface area contributed by atoms with E-state index in [0.717, 1.165) is 11.1 Å². The fourth-order valence-corrected chi connectivity index (χ4v) is 4.05. The molecule has 0 fully saturated rings. The summed E-state index contributed by atoms with van der Waals surface area (Å²) >= 11 is 0. The summed E-state index contributed by atoms with van der Waals surface area (Å²) in [6.45, 7) is 4.30. The second kappa shape index (κ2) is 6.69. The Labute approximate surface area is 148 Å². The third-order valence-electron chi connectivity index (χ3n) is 4.21. The van der Waals surface area contributed by atoms with E-state index in [1.165, 1.54) is 0 Å². The first-order valence-electron chi connectivity index (χ1n) is 8.19. The first kappa shape index (κ1) is 17.8. The Morgan fingerprint density at radius 3 is 2.60 bits per heavy atom. The predicted octanol–water partition coefficient (Wildman–Crippen LogP) is 3.52. The molecule has 1 radical (unpaired) electrons. The summed E-state index contributed by atoms with van der Waals surface area (Å²) in [5.74, 6) is 0.839. The second-order valence-electron chi connectivity index (χ2n) is 7.02. The van der Waals surface area contributed by atoms with Crippen LogP contribution >= 0.6 is 0 Å². The van der Waals surface area contributed by atoms with Gasteiger partial charge < -0.3 is 9.47 Å².